The molecule has 6 nitrogen and oxygen atoms in total. The molecule has 6 heteroatoms. The molecule has 2 aromatic carbocycles. The molecule has 1 amide bonds. The molecule has 0 saturated heterocycles. The van der Waals surface area contributed by atoms with E-state index in [1.54, 1.807) is 7.11 Å². The van der Waals surface area contributed by atoms with Crippen LogP contribution in [0.2, 0.25) is 0 Å². The van der Waals surface area contributed by atoms with Gasteiger partial charge in [-0.25, -0.2) is 4.68 Å². The fraction of sp³-hybridized carbons (Fsp3) is 0.360. The second-order valence-electron chi connectivity index (χ2n) is 8.20. The number of hydrogen-bond acceptors (Lipinski definition) is 3. The van der Waals surface area contributed by atoms with Crippen LogP contribution in [-0.2, 0) is 11.2 Å². The highest BCUT2D eigenvalue weighted by atomic mass is 16.5. The van der Waals surface area contributed by atoms with Crippen LogP contribution >= 0.6 is 0 Å². The summed E-state index contributed by atoms with van der Waals surface area (Å²) < 4.78 is 7.26. The fourth-order valence-electron chi connectivity index (χ4n) is 3.88. The Morgan fingerprint density at radius 1 is 1.13 bits per heavy atom. The lowest BCUT2D eigenvalue weighted by Gasteiger charge is -2.21. The average molecular weight is 422 g/mol. The van der Waals surface area contributed by atoms with Crippen LogP contribution in [0.1, 0.15) is 35.0 Å². The Morgan fingerprint density at radius 3 is 2.55 bits per heavy atom. The molecule has 0 unspecified atom stereocenters. The summed E-state index contributed by atoms with van der Waals surface area (Å²) in [4.78, 5) is 14.1. The second kappa shape index (κ2) is 10.3. The molecule has 1 aromatic heterocycles. The molecule has 31 heavy (non-hydrogen) atoms. The zero-order valence-corrected chi connectivity index (χ0v) is 19.1. The monoisotopic (exact) mass is 421 g/mol. The third kappa shape index (κ3) is 5.73. The second-order valence-corrected chi connectivity index (χ2v) is 8.20. The molecule has 0 radical (unpaired) electrons. The summed E-state index contributed by atoms with van der Waals surface area (Å²) in [5, 5.41) is 7.93. The number of methoxy groups -OCH3 is 1. The van der Waals surface area contributed by atoms with Crippen molar-refractivity contribution in [2.45, 2.75) is 32.7 Å². The van der Waals surface area contributed by atoms with E-state index in [1.165, 1.54) is 4.90 Å². The number of ether oxygens (including phenoxy) is 1. The SMILES string of the molecule is COc1cccc(-n2nc(C)c(CCC(=O)N[C@H](C[NH+](C)C)c3ccccc3)c2C)c1. The highest BCUT2D eigenvalue weighted by Crippen LogP contribution is 2.22. The van der Waals surface area contributed by atoms with Gasteiger partial charge in [-0.15, -0.1) is 0 Å². The van der Waals surface area contributed by atoms with Crippen LogP contribution in [0, 0.1) is 13.8 Å². The Balaban J connectivity index is 1.70. The van der Waals surface area contributed by atoms with Gasteiger partial charge < -0.3 is 15.0 Å². The standard InChI is InChI=1S/C25H32N4O2/c1-18-23(19(2)29(27-18)21-12-9-13-22(16-21)31-5)14-15-25(30)26-24(17-28(3)4)20-10-7-6-8-11-20/h6-13,16,24H,14-15,17H2,1-5H3,(H,26,30)/p+1/t24-/m1/s1. The number of benzene rings is 2. The van der Waals surface area contributed by atoms with Crippen LogP contribution in [0.3, 0.4) is 0 Å². The molecule has 2 N–H and O–H groups in total. The molecule has 1 heterocycles. The van der Waals surface area contributed by atoms with Gasteiger partial charge in [0.05, 0.1) is 32.6 Å². The van der Waals surface area contributed by atoms with Crippen LogP contribution < -0.4 is 15.0 Å². The molecule has 0 fully saturated rings. The van der Waals surface area contributed by atoms with Gasteiger partial charge in [0.25, 0.3) is 0 Å². The Kier molecular flexibility index (Phi) is 7.47. The maximum absolute atomic E-state index is 12.8. The maximum Gasteiger partial charge on any atom is 0.221 e. The summed E-state index contributed by atoms with van der Waals surface area (Å²) in [6.45, 7) is 4.88. The van der Waals surface area contributed by atoms with Gasteiger partial charge in [-0.1, -0.05) is 36.4 Å². The van der Waals surface area contributed by atoms with Crippen LogP contribution in [0.15, 0.2) is 54.6 Å². The highest BCUT2D eigenvalue weighted by Gasteiger charge is 2.19. The first kappa shape index (κ1) is 22.6. The van der Waals surface area contributed by atoms with Crippen molar-refractivity contribution in [3.05, 3.63) is 77.1 Å². The molecule has 3 aromatic rings. The molecule has 0 saturated carbocycles. The van der Waals surface area contributed by atoms with Gasteiger partial charge in [-0.3, -0.25) is 4.79 Å². The molecule has 1 atom stereocenters. The Bertz CT molecular complexity index is 1010. The summed E-state index contributed by atoms with van der Waals surface area (Å²) in [5.74, 6) is 0.851. The first-order valence-electron chi connectivity index (χ1n) is 10.7. The number of hydrogen-bond donors (Lipinski definition) is 2. The van der Waals surface area contributed by atoms with Crippen molar-refractivity contribution >= 4 is 5.91 Å². The number of nitrogens with zero attached hydrogens (tertiary/aromatic N) is 2. The van der Waals surface area contributed by atoms with E-state index in [-0.39, 0.29) is 11.9 Å². The van der Waals surface area contributed by atoms with Crippen molar-refractivity contribution < 1.29 is 14.4 Å². The van der Waals surface area contributed by atoms with Gasteiger partial charge in [-0.2, -0.15) is 5.10 Å². The normalized spacial score (nSPS) is 12.1. The molecule has 164 valence electrons. The van der Waals surface area contributed by atoms with Crippen molar-refractivity contribution in [1.82, 2.24) is 15.1 Å². The van der Waals surface area contributed by atoms with Gasteiger partial charge in [0, 0.05) is 18.2 Å². The van der Waals surface area contributed by atoms with Crippen molar-refractivity contribution in [2.75, 3.05) is 27.7 Å². The third-order valence-electron chi connectivity index (χ3n) is 5.49. The molecular weight excluding hydrogens is 388 g/mol. The van der Waals surface area contributed by atoms with E-state index in [2.05, 4.69) is 38.5 Å². The zero-order chi connectivity index (χ0) is 22.4. The van der Waals surface area contributed by atoms with E-state index >= 15 is 0 Å². The van der Waals surface area contributed by atoms with E-state index in [0.29, 0.717) is 12.8 Å². The average Bonchev–Trinajstić information content (AvgIpc) is 3.05. The predicted octanol–water partition coefficient (Wildman–Crippen LogP) is 2.43. The number of amides is 1. The van der Waals surface area contributed by atoms with E-state index in [1.807, 2.05) is 54.1 Å². The maximum atomic E-state index is 12.8. The minimum Gasteiger partial charge on any atom is -0.497 e. The zero-order valence-electron chi connectivity index (χ0n) is 19.1. The van der Waals surface area contributed by atoms with Gasteiger partial charge in [0.2, 0.25) is 5.91 Å². The Hall–Kier alpha value is -3.12. The molecule has 0 aliphatic carbocycles. The van der Waals surface area contributed by atoms with Crippen molar-refractivity contribution in [1.29, 1.82) is 0 Å². The number of rotatable bonds is 9. The molecule has 3 rings (SSSR count). The quantitative estimate of drug-likeness (QED) is 0.558. The summed E-state index contributed by atoms with van der Waals surface area (Å²) in [6, 6.07) is 18.0. The smallest absolute Gasteiger partial charge is 0.221 e. The first-order valence-corrected chi connectivity index (χ1v) is 10.7. The van der Waals surface area contributed by atoms with Crippen LogP contribution in [-0.4, -0.2) is 43.4 Å². The van der Waals surface area contributed by atoms with Gasteiger partial charge in [0.15, 0.2) is 0 Å². The van der Waals surface area contributed by atoms with E-state index in [0.717, 1.165) is 40.5 Å². The van der Waals surface area contributed by atoms with E-state index in [4.69, 9.17) is 9.84 Å². The number of likely N-dealkylation sites (N-methyl/N-ethyl adjacent to an activating group) is 1. The lowest BCUT2D eigenvalue weighted by Crippen LogP contribution is -3.06. The number of nitrogens with one attached hydrogen (secondary N) is 2. The molecule has 0 bridgehead atoms. The molecule has 0 spiro atoms. The molecule has 0 aliphatic rings. The number of aromatic nitrogens is 2. The fourth-order valence-corrected chi connectivity index (χ4v) is 3.88. The summed E-state index contributed by atoms with van der Waals surface area (Å²) in [5.41, 5.74) is 5.21. The highest BCUT2D eigenvalue weighted by molar-refractivity contribution is 5.76. The van der Waals surface area contributed by atoms with Crippen molar-refractivity contribution in [3.63, 3.8) is 0 Å². The minimum absolute atomic E-state index is 0.000371. The predicted molar refractivity (Wildman–Crippen MR) is 123 cm³/mol. The number of carbonyl (C=O) groups is 1. The third-order valence-corrected chi connectivity index (χ3v) is 5.49. The minimum atomic E-state index is 0.000371. The van der Waals surface area contributed by atoms with Crippen LogP contribution in [0.25, 0.3) is 5.69 Å². The Labute approximate surface area is 184 Å². The van der Waals surface area contributed by atoms with Gasteiger partial charge >= 0.3 is 0 Å². The van der Waals surface area contributed by atoms with Crippen molar-refractivity contribution in [3.8, 4) is 11.4 Å². The number of quaternary nitrogens is 1. The van der Waals surface area contributed by atoms with Crippen molar-refractivity contribution in [2.24, 2.45) is 0 Å². The van der Waals surface area contributed by atoms with Crippen LogP contribution in [0.4, 0.5) is 0 Å². The number of carbonyl (C=O) groups excluding carboxylic acids is 1. The van der Waals surface area contributed by atoms with E-state index < -0.39 is 0 Å². The summed E-state index contributed by atoms with van der Waals surface area (Å²) >= 11 is 0. The number of aryl methyl sites for hydroxylation is 1. The van der Waals surface area contributed by atoms with Gasteiger partial charge in [0.1, 0.15) is 18.3 Å². The summed E-state index contributed by atoms with van der Waals surface area (Å²) in [6.07, 6.45) is 1.08. The first-order chi connectivity index (χ1) is 14.9. The molecular formula is C25H33N4O2+. The lowest BCUT2D eigenvalue weighted by molar-refractivity contribution is -0.860. The summed E-state index contributed by atoms with van der Waals surface area (Å²) in [7, 11) is 5.86. The topological polar surface area (TPSA) is 60.6 Å². The van der Waals surface area contributed by atoms with Gasteiger partial charge in [-0.05, 0) is 43.5 Å². The van der Waals surface area contributed by atoms with E-state index in [9.17, 15) is 4.79 Å². The lowest BCUT2D eigenvalue weighted by atomic mass is 10.0. The largest absolute Gasteiger partial charge is 0.497 e. The molecule has 0 aliphatic heterocycles. The van der Waals surface area contributed by atoms with Crippen LogP contribution in [0.5, 0.6) is 5.75 Å². The Morgan fingerprint density at radius 2 is 1.87 bits per heavy atom.